The maximum Gasteiger partial charge on any atom is 0.324 e. The lowest BCUT2D eigenvalue weighted by atomic mass is 10.2. The molecule has 0 spiro atoms. The molecule has 0 aliphatic heterocycles. The van der Waals surface area contributed by atoms with Crippen LogP contribution in [0.25, 0.3) is 0 Å². The smallest absolute Gasteiger partial charge is 0.324 e. The van der Waals surface area contributed by atoms with Crippen LogP contribution in [-0.2, 0) is 4.79 Å². The zero-order valence-corrected chi connectivity index (χ0v) is 10.5. The third-order valence-electron chi connectivity index (χ3n) is 2.38. The summed E-state index contributed by atoms with van der Waals surface area (Å²) < 4.78 is 48.9. The fourth-order valence-corrected chi connectivity index (χ4v) is 1.15. The molecule has 5 nitrogen and oxygen atoms in total. The largest absolute Gasteiger partial charge is 0.481 e. The van der Waals surface area contributed by atoms with Crippen molar-refractivity contribution in [1.29, 1.82) is 0 Å². The van der Waals surface area contributed by atoms with E-state index in [0.29, 0.717) is 0 Å². The van der Waals surface area contributed by atoms with Gasteiger partial charge in [0.25, 0.3) is 0 Å². The first-order valence-electron chi connectivity index (χ1n) is 5.53. The minimum atomic E-state index is -4.31. The molecular weight excluding hydrogens is 272 g/mol. The Morgan fingerprint density at radius 3 is 2.26 bits per heavy atom. The minimum absolute atomic E-state index is 0.0731. The lowest BCUT2D eigenvalue weighted by molar-refractivity contribution is -0.141. The van der Waals surface area contributed by atoms with Gasteiger partial charge in [-0.15, -0.1) is 0 Å². The van der Waals surface area contributed by atoms with E-state index in [9.17, 15) is 27.2 Å². The van der Waals surface area contributed by atoms with E-state index < -0.39 is 36.8 Å². The highest BCUT2D eigenvalue weighted by Crippen LogP contribution is 2.21. The summed E-state index contributed by atoms with van der Waals surface area (Å²) in [5.41, 5.74) is 0. The van der Waals surface area contributed by atoms with E-state index in [-0.39, 0.29) is 13.1 Å². The van der Waals surface area contributed by atoms with Crippen molar-refractivity contribution in [3.05, 3.63) is 0 Å². The number of hydrogen-bond acceptors (Lipinski definition) is 2. The van der Waals surface area contributed by atoms with Crippen LogP contribution in [0, 0.1) is 5.92 Å². The van der Waals surface area contributed by atoms with Gasteiger partial charge in [0.15, 0.2) is 0 Å². The number of halogens is 4. The molecular formula is C10H16F4N2O3. The number of nitrogens with zero attached hydrogens (tertiary/aromatic N) is 1. The monoisotopic (exact) mass is 288 g/mol. The number of carbonyl (C=O) groups excluding carboxylic acids is 1. The van der Waals surface area contributed by atoms with E-state index in [1.54, 1.807) is 5.32 Å². The first kappa shape index (κ1) is 17.5. The van der Waals surface area contributed by atoms with Crippen molar-refractivity contribution in [2.75, 3.05) is 19.6 Å². The zero-order valence-electron chi connectivity index (χ0n) is 10.5. The summed E-state index contributed by atoms with van der Waals surface area (Å²) in [6.07, 6.45) is -3.87. The van der Waals surface area contributed by atoms with Crippen molar-refractivity contribution in [3.8, 4) is 0 Å². The minimum Gasteiger partial charge on any atom is -0.481 e. The molecule has 0 bridgehead atoms. The second kappa shape index (κ2) is 7.15. The highest BCUT2D eigenvalue weighted by atomic mass is 19.3. The second-order valence-corrected chi connectivity index (χ2v) is 4.00. The van der Waals surface area contributed by atoms with Crippen LogP contribution in [0.3, 0.4) is 0 Å². The van der Waals surface area contributed by atoms with Gasteiger partial charge in [-0.25, -0.2) is 13.6 Å². The molecule has 0 radical (unpaired) electrons. The van der Waals surface area contributed by atoms with Crippen LogP contribution in [0.15, 0.2) is 0 Å². The number of rotatable bonds is 7. The number of carboxylic acid groups (broad SMARTS) is 1. The number of carbonyl (C=O) groups is 2. The summed E-state index contributed by atoms with van der Waals surface area (Å²) in [6, 6.07) is -1.00. The Hall–Kier alpha value is -1.54. The molecule has 19 heavy (non-hydrogen) atoms. The molecule has 0 heterocycles. The fraction of sp³-hybridized carbons (Fsp3) is 0.800. The van der Waals surface area contributed by atoms with E-state index in [1.165, 1.54) is 13.8 Å². The molecule has 2 amide bonds. The fourth-order valence-electron chi connectivity index (χ4n) is 1.15. The van der Waals surface area contributed by atoms with Crippen LogP contribution in [0.1, 0.15) is 13.8 Å². The van der Waals surface area contributed by atoms with Crippen LogP contribution in [0.4, 0.5) is 22.4 Å². The number of aliphatic carboxylic acids is 1. The van der Waals surface area contributed by atoms with Crippen LogP contribution >= 0.6 is 0 Å². The Morgan fingerprint density at radius 1 is 1.37 bits per heavy atom. The number of carboxylic acids is 1. The molecule has 1 unspecified atom stereocenters. The second-order valence-electron chi connectivity index (χ2n) is 4.00. The van der Waals surface area contributed by atoms with E-state index in [4.69, 9.17) is 5.11 Å². The molecule has 9 heteroatoms. The molecule has 0 aromatic heterocycles. The zero-order chi connectivity index (χ0) is 15.2. The molecule has 0 aromatic rings. The molecule has 1 atom stereocenters. The molecule has 0 fully saturated rings. The topological polar surface area (TPSA) is 69.6 Å². The Labute approximate surface area is 107 Å². The van der Waals surface area contributed by atoms with Gasteiger partial charge in [0.2, 0.25) is 0 Å². The third-order valence-corrected chi connectivity index (χ3v) is 2.38. The maximum absolute atomic E-state index is 12.6. The van der Waals surface area contributed by atoms with Crippen molar-refractivity contribution >= 4 is 12.0 Å². The Morgan fingerprint density at radius 2 is 1.89 bits per heavy atom. The lowest BCUT2D eigenvalue weighted by Gasteiger charge is -2.24. The third kappa shape index (κ3) is 5.75. The summed E-state index contributed by atoms with van der Waals surface area (Å²) in [5.74, 6) is -6.35. The van der Waals surface area contributed by atoms with Crippen molar-refractivity contribution in [3.63, 3.8) is 0 Å². The normalized spacial score (nSPS) is 13.2. The first-order chi connectivity index (χ1) is 8.61. The number of amides is 2. The van der Waals surface area contributed by atoms with E-state index in [2.05, 4.69) is 0 Å². The average molecular weight is 288 g/mol. The molecule has 0 aromatic carbocycles. The van der Waals surface area contributed by atoms with Crippen molar-refractivity contribution in [2.45, 2.75) is 26.2 Å². The van der Waals surface area contributed by atoms with Crippen LogP contribution < -0.4 is 5.32 Å². The number of nitrogens with one attached hydrogen (secondary N) is 1. The van der Waals surface area contributed by atoms with Gasteiger partial charge in [0.05, 0.1) is 12.5 Å². The number of hydrogen-bond donors (Lipinski definition) is 2. The molecule has 112 valence electrons. The summed E-state index contributed by atoms with van der Waals surface area (Å²) in [6.45, 7) is 1.23. The Balaban J connectivity index is 4.42. The summed E-state index contributed by atoms with van der Waals surface area (Å²) >= 11 is 0. The van der Waals surface area contributed by atoms with Gasteiger partial charge in [-0.3, -0.25) is 4.79 Å². The number of alkyl halides is 4. The van der Waals surface area contributed by atoms with Gasteiger partial charge in [-0.1, -0.05) is 6.92 Å². The maximum atomic E-state index is 12.6. The highest BCUT2D eigenvalue weighted by molar-refractivity contribution is 5.76. The van der Waals surface area contributed by atoms with Crippen LogP contribution in [0.5, 0.6) is 0 Å². The molecule has 0 saturated carbocycles. The number of urea groups is 1. The molecule has 2 N–H and O–H groups in total. The lowest BCUT2D eigenvalue weighted by Crippen LogP contribution is -2.48. The Bertz CT molecular complexity index is 326. The SMILES string of the molecule is CCN(CC(C)C(=O)O)C(=O)NCC(F)(F)C(F)F. The molecule has 0 saturated heterocycles. The van der Waals surface area contributed by atoms with Crippen molar-refractivity contribution in [2.24, 2.45) is 5.92 Å². The first-order valence-corrected chi connectivity index (χ1v) is 5.53. The van der Waals surface area contributed by atoms with Gasteiger partial charge in [-0.2, -0.15) is 8.78 Å². The van der Waals surface area contributed by atoms with E-state index in [1.807, 2.05) is 0 Å². The van der Waals surface area contributed by atoms with Gasteiger partial charge in [0, 0.05) is 13.1 Å². The predicted octanol–water partition coefficient (Wildman–Crippen LogP) is 1.64. The van der Waals surface area contributed by atoms with Crippen LogP contribution in [-0.4, -0.2) is 54.0 Å². The van der Waals surface area contributed by atoms with Gasteiger partial charge in [-0.05, 0) is 6.92 Å². The summed E-state index contributed by atoms with van der Waals surface area (Å²) in [5, 5.41) is 10.3. The average Bonchev–Trinajstić information content (AvgIpc) is 2.32. The van der Waals surface area contributed by atoms with Crippen molar-refractivity contribution < 1.29 is 32.3 Å². The quantitative estimate of drug-likeness (QED) is 0.700. The molecule has 0 aliphatic carbocycles. The van der Waals surface area contributed by atoms with Crippen LogP contribution in [0.2, 0.25) is 0 Å². The predicted molar refractivity (Wildman–Crippen MR) is 58.4 cm³/mol. The van der Waals surface area contributed by atoms with Gasteiger partial charge >= 0.3 is 24.3 Å². The summed E-state index contributed by atoms with van der Waals surface area (Å²) in [7, 11) is 0. The molecule has 0 rings (SSSR count). The van der Waals surface area contributed by atoms with Gasteiger partial charge in [0.1, 0.15) is 0 Å². The van der Waals surface area contributed by atoms with E-state index in [0.717, 1.165) is 4.90 Å². The van der Waals surface area contributed by atoms with E-state index >= 15 is 0 Å². The van der Waals surface area contributed by atoms with Crippen molar-refractivity contribution in [1.82, 2.24) is 10.2 Å². The summed E-state index contributed by atoms with van der Waals surface area (Å²) in [4.78, 5) is 23.0. The standard InChI is InChI=1S/C10H16F4N2O3/c1-3-16(4-6(2)7(17)18)9(19)15-5-10(13,14)8(11)12/h6,8H,3-5H2,1-2H3,(H,15,19)(H,17,18). The van der Waals surface area contributed by atoms with Gasteiger partial charge < -0.3 is 15.3 Å². The molecule has 0 aliphatic rings. The highest BCUT2D eigenvalue weighted by Gasteiger charge is 2.41. The Kier molecular flexibility index (Phi) is 6.57.